The molecule has 6 heteroatoms. The maximum Gasteiger partial charge on any atom is 0.231 e. The topological polar surface area (TPSA) is 46.3 Å². The first-order chi connectivity index (χ1) is 13.0. The molecule has 0 fully saturated rings. The van der Waals surface area contributed by atoms with E-state index >= 15 is 0 Å². The summed E-state index contributed by atoms with van der Waals surface area (Å²) >= 11 is 3.65. The third-order valence-corrected chi connectivity index (χ3v) is 5.56. The van der Waals surface area contributed by atoms with Crippen LogP contribution in [0, 0.1) is 12.7 Å². The number of rotatable bonds is 3. The fourth-order valence-electron chi connectivity index (χ4n) is 3.18. The second-order valence-corrected chi connectivity index (χ2v) is 7.23. The Bertz CT molecular complexity index is 1040. The number of para-hydroxylation sites is 1. The van der Waals surface area contributed by atoms with Crippen molar-refractivity contribution in [1.82, 2.24) is 5.16 Å². The lowest BCUT2D eigenvalue weighted by molar-refractivity contribution is -0.117. The van der Waals surface area contributed by atoms with Crippen LogP contribution in [0.1, 0.15) is 28.8 Å². The number of benzene rings is 2. The second-order valence-electron chi connectivity index (χ2n) is 6.43. The molecule has 0 N–H and O–H groups in total. The Morgan fingerprint density at radius 3 is 2.78 bits per heavy atom. The zero-order valence-corrected chi connectivity index (χ0v) is 16.2. The van der Waals surface area contributed by atoms with Crippen LogP contribution in [0.4, 0.5) is 10.1 Å². The van der Waals surface area contributed by atoms with Crippen molar-refractivity contribution in [2.24, 2.45) is 0 Å². The number of fused-ring (bicyclic) bond motifs is 1. The highest BCUT2D eigenvalue weighted by atomic mass is 79.9. The SMILES string of the molecule is Cc1ccc(CN2C(=O)CC(c3ccon3)=C(Br)c3ccccc32)cc1F. The average molecular weight is 427 g/mol. The van der Waals surface area contributed by atoms with Gasteiger partial charge in [-0.15, -0.1) is 0 Å². The van der Waals surface area contributed by atoms with E-state index in [1.165, 1.54) is 12.3 Å². The smallest absolute Gasteiger partial charge is 0.231 e. The summed E-state index contributed by atoms with van der Waals surface area (Å²) in [6.45, 7) is 2.01. The molecule has 0 atom stereocenters. The van der Waals surface area contributed by atoms with E-state index in [2.05, 4.69) is 21.1 Å². The Labute approximate surface area is 164 Å². The lowest BCUT2D eigenvalue weighted by Crippen LogP contribution is -2.30. The van der Waals surface area contributed by atoms with Gasteiger partial charge in [-0.2, -0.15) is 0 Å². The van der Waals surface area contributed by atoms with Crippen molar-refractivity contribution in [2.75, 3.05) is 4.90 Å². The normalized spacial score (nSPS) is 14.3. The number of aryl methyl sites for hydroxylation is 1. The summed E-state index contributed by atoms with van der Waals surface area (Å²) in [4.78, 5) is 14.8. The number of aromatic nitrogens is 1. The number of carbonyl (C=O) groups excluding carboxylic acids is 1. The second kappa shape index (κ2) is 7.12. The van der Waals surface area contributed by atoms with Gasteiger partial charge in [0.2, 0.25) is 5.91 Å². The number of hydrogen-bond donors (Lipinski definition) is 0. The highest BCUT2D eigenvalue weighted by Crippen LogP contribution is 2.41. The minimum Gasteiger partial charge on any atom is -0.364 e. The third kappa shape index (κ3) is 3.32. The Morgan fingerprint density at radius 2 is 2.04 bits per heavy atom. The first-order valence-corrected chi connectivity index (χ1v) is 9.28. The maximum absolute atomic E-state index is 14.0. The van der Waals surface area contributed by atoms with Crippen molar-refractivity contribution in [3.05, 3.63) is 83.0 Å². The lowest BCUT2D eigenvalue weighted by atomic mass is 10.1. The van der Waals surface area contributed by atoms with Crippen molar-refractivity contribution in [3.8, 4) is 0 Å². The van der Waals surface area contributed by atoms with Crippen molar-refractivity contribution < 1.29 is 13.7 Å². The van der Waals surface area contributed by atoms with Crippen LogP contribution in [0.15, 0.2) is 59.3 Å². The van der Waals surface area contributed by atoms with Gasteiger partial charge in [-0.25, -0.2) is 4.39 Å². The number of amides is 1. The molecule has 0 radical (unpaired) electrons. The van der Waals surface area contributed by atoms with Gasteiger partial charge in [0.25, 0.3) is 0 Å². The standard InChI is InChI=1S/C21H16BrFN2O2/c1-13-6-7-14(10-17(13)23)12-25-19-5-3-2-4-15(19)21(22)16(11-20(25)26)18-8-9-27-24-18/h2-10H,11-12H2,1H3. The third-order valence-electron chi connectivity index (χ3n) is 4.65. The molecule has 3 aromatic rings. The summed E-state index contributed by atoms with van der Waals surface area (Å²) in [5, 5.41) is 3.99. The minimum absolute atomic E-state index is 0.0871. The molecule has 27 heavy (non-hydrogen) atoms. The summed E-state index contributed by atoms with van der Waals surface area (Å²) in [5.74, 6) is -0.360. The molecule has 0 unspecified atom stereocenters. The molecule has 0 saturated heterocycles. The van der Waals surface area contributed by atoms with Crippen LogP contribution in [0.2, 0.25) is 0 Å². The summed E-state index contributed by atoms with van der Waals surface area (Å²) in [7, 11) is 0. The van der Waals surface area contributed by atoms with Gasteiger partial charge in [0.15, 0.2) is 0 Å². The van der Waals surface area contributed by atoms with E-state index < -0.39 is 0 Å². The van der Waals surface area contributed by atoms with Gasteiger partial charge in [-0.3, -0.25) is 4.79 Å². The molecule has 4 nitrogen and oxygen atoms in total. The van der Waals surface area contributed by atoms with Gasteiger partial charge in [0.1, 0.15) is 17.8 Å². The molecule has 0 aliphatic carbocycles. The molecule has 0 spiro atoms. The van der Waals surface area contributed by atoms with Crippen LogP contribution in [0.5, 0.6) is 0 Å². The van der Waals surface area contributed by atoms with E-state index in [4.69, 9.17) is 4.52 Å². The van der Waals surface area contributed by atoms with Gasteiger partial charge >= 0.3 is 0 Å². The molecular formula is C21H16BrFN2O2. The quantitative estimate of drug-likeness (QED) is 0.568. The number of anilines is 1. The van der Waals surface area contributed by atoms with E-state index in [-0.39, 0.29) is 18.1 Å². The highest BCUT2D eigenvalue weighted by molar-refractivity contribution is 9.15. The lowest BCUT2D eigenvalue weighted by Gasteiger charge is -2.23. The van der Waals surface area contributed by atoms with Gasteiger partial charge in [0, 0.05) is 21.7 Å². The van der Waals surface area contributed by atoms with E-state index in [0.29, 0.717) is 17.8 Å². The van der Waals surface area contributed by atoms with Gasteiger partial charge in [0.05, 0.1) is 18.7 Å². The van der Waals surface area contributed by atoms with Crippen molar-refractivity contribution in [3.63, 3.8) is 0 Å². The molecule has 2 aromatic carbocycles. The zero-order chi connectivity index (χ0) is 19.0. The fourth-order valence-corrected chi connectivity index (χ4v) is 3.86. The molecule has 4 rings (SSSR count). The summed E-state index contributed by atoms with van der Waals surface area (Å²) in [6, 6.07) is 14.4. The molecule has 1 aromatic heterocycles. The molecular weight excluding hydrogens is 411 g/mol. The van der Waals surface area contributed by atoms with Crippen LogP contribution in [0.25, 0.3) is 10.1 Å². The maximum atomic E-state index is 14.0. The van der Waals surface area contributed by atoms with Crippen LogP contribution in [0.3, 0.4) is 0 Å². The Balaban J connectivity index is 1.78. The number of nitrogens with zero attached hydrogens (tertiary/aromatic N) is 2. The number of hydrogen-bond acceptors (Lipinski definition) is 3. The fraction of sp³-hybridized carbons (Fsp3) is 0.143. The monoisotopic (exact) mass is 426 g/mol. The molecule has 1 aliphatic heterocycles. The van der Waals surface area contributed by atoms with E-state index in [0.717, 1.165) is 26.9 Å². The Morgan fingerprint density at radius 1 is 1.22 bits per heavy atom. The van der Waals surface area contributed by atoms with Crippen LogP contribution in [-0.4, -0.2) is 11.1 Å². The Kier molecular flexibility index (Phi) is 4.66. The predicted molar refractivity (Wildman–Crippen MR) is 106 cm³/mol. The predicted octanol–water partition coefficient (Wildman–Crippen LogP) is 5.32. The van der Waals surface area contributed by atoms with Gasteiger partial charge in [-0.05, 0) is 46.1 Å². The number of halogens is 2. The molecule has 2 heterocycles. The highest BCUT2D eigenvalue weighted by Gasteiger charge is 2.28. The number of carbonyl (C=O) groups is 1. The molecule has 1 amide bonds. The van der Waals surface area contributed by atoms with E-state index in [9.17, 15) is 9.18 Å². The van der Waals surface area contributed by atoms with Crippen LogP contribution >= 0.6 is 15.9 Å². The van der Waals surface area contributed by atoms with E-state index in [1.807, 2.05) is 30.3 Å². The van der Waals surface area contributed by atoms with Crippen LogP contribution < -0.4 is 4.90 Å². The zero-order valence-electron chi connectivity index (χ0n) is 14.6. The average Bonchev–Trinajstić information content (AvgIpc) is 3.17. The summed E-state index contributed by atoms with van der Waals surface area (Å²) in [6.07, 6.45) is 1.65. The molecule has 1 aliphatic rings. The minimum atomic E-state index is -0.273. The largest absolute Gasteiger partial charge is 0.364 e. The molecule has 0 saturated carbocycles. The first-order valence-electron chi connectivity index (χ1n) is 8.49. The van der Waals surface area contributed by atoms with Gasteiger partial charge < -0.3 is 9.42 Å². The summed E-state index contributed by atoms with van der Waals surface area (Å²) in [5.41, 5.74) is 4.36. The van der Waals surface area contributed by atoms with E-state index in [1.54, 1.807) is 24.0 Å². The van der Waals surface area contributed by atoms with Crippen molar-refractivity contribution in [2.45, 2.75) is 19.9 Å². The Hall–Kier alpha value is -2.73. The van der Waals surface area contributed by atoms with Crippen molar-refractivity contribution >= 4 is 37.6 Å². The first kappa shape index (κ1) is 17.7. The van der Waals surface area contributed by atoms with Crippen molar-refractivity contribution in [1.29, 1.82) is 0 Å². The van der Waals surface area contributed by atoms with Gasteiger partial charge in [-0.1, -0.05) is 35.5 Å². The molecule has 136 valence electrons. The van der Waals surface area contributed by atoms with Crippen LogP contribution in [-0.2, 0) is 11.3 Å². The molecule has 0 bridgehead atoms. The summed E-state index contributed by atoms with van der Waals surface area (Å²) < 4.78 is 19.7.